The van der Waals surface area contributed by atoms with Crippen molar-refractivity contribution in [2.24, 2.45) is 0 Å². The molecule has 5 heteroatoms. The van der Waals surface area contributed by atoms with Crippen molar-refractivity contribution in [1.29, 1.82) is 0 Å². The summed E-state index contributed by atoms with van der Waals surface area (Å²) in [6.45, 7) is 3.90. The van der Waals surface area contributed by atoms with Crippen LogP contribution in [0, 0.1) is 13.8 Å². The van der Waals surface area contributed by atoms with Crippen molar-refractivity contribution in [2.45, 2.75) is 20.1 Å². The number of aryl methyl sites for hydroxylation is 2. The molecular formula is C17H18N4O. The molecule has 5 nitrogen and oxygen atoms in total. The lowest BCUT2D eigenvalue weighted by Crippen LogP contribution is -2.19. The van der Waals surface area contributed by atoms with E-state index >= 15 is 0 Å². The van der Waals surface area contributed by atoms with E-state index in [2.05, 4.69) is 15.4 Å². The van der Waals surface area contributed by atoms with Crippen LogP contribution < -0.4 is 5.32 Å². The molecule has 0 saturated carbocycles. The molecule has 1 atom stereocenters. The maximum absolute atomic E-state index is 10.5. The van der Waals surface area contributed by atoms with Crippen LogP contribution in [0.1, 0.15) is 23.2 Å². The topological polar surface area (TPSA) is 62.5 Å². The summed E-state index contributed by atoms with van der Waals surface area (Å²) in [6.07, 6.45) is 14.2. The van der Waals surface area contributed by atoms with Gasteiger partial charge in [-0.15, -0.1) is 0 Å². The predicted molar refractivity (Wildman–Crippen MR) is 86.1 cm³/mol. The van der Waals surface area contributed by atoms with Crippen molar-refractivity contribution in [3.8, 4) is 0 Å². The van der Waals surface area contributed by atoms with E-state index in [0.717, 1.165) is 17.1 Å². The van der Waals surface area contributed by atoms with Gasteiger partial charge in [-0.25, -0.2) is 9.50 Å². The summed E-state index contributed by atoms with van der Waals surface area (Å²) in [4.78, 5) is 4.48. The van der Waals surface area contributed by atoms with Crippen molar-refractivity contribution in [3.63, 3.8) is 0 Å². The van der Waals surface area contributed by atoms with E-state index in [1.54, 1.807) is 10.7 Å². The van der Waals surface area contributed by atoms with Crippen LogP contribution in [0.2, 0.25) is 0 Å². The summed E-state index contributed by atoms with van der Waals surface area (Å²) in [5.74, 6) is 0. The molecule has 2 heterocycles. The van der Waals surface area contributed by atoms with Crippen LogP contribution in [0.5, 0.6) is 0 Å². The minimum Gasteiger partial charge on any atom is -0.369 e. The Labute approximate surface area is 129 Å². The third kappa shape index (κ3) is 2.84. The number of nitrogens with one attached hydrogen (secondary N) is 1. The smallest absolute Gasteiger partial charge is 0.163 e. The first-order chi connectivity index (χ1) is 10.6. The highest BCUT2D eigenvalue weighted by molar-refractivity contribution is 5.49. The van der Waals surface area contributed by atoms with Gasteiger partial charge in [-0.2, -0.15) is 5.10 Å². The molecule has 0 bridgehead atoms. The molecular weight excluding hydrogens is 276 g/mol. The van der Waals surface area contributed by atoms with Crippen LogP contribution >= 0.6 is 0 Å². The van der Waals surface area contributed by atoms with Gasteiger partial charge >= 0.3 is 0 Å². The maximum atomic E-state index is 10.5. The normalized spacial score (nSPS) is 18.4. The lowest BCUT2D eigenvalue weighted by atomic mass is 10.2. The van der Waals surface area contributed by atoms with Crippen molar-refractivity contribution in [2.75, 3.05) is 0 Å². The molecule has 2 aromatic rings. The molecule has 0 amide bonds. The van der Waals surface area contributed by atoms with E-state index in [1.807, 2.05) is 62.4 Å². The van der Waals surface area contributed by atoms with Crippen LogP contribution in [-0.4, -0.2) is 19.7 Å². The highest BCUT2D eigenvalue weighted by Crippen LogP contribution is 2.18. The first-order valence-corrected chi connectivity index (χ1v) is 7.13. The van der Waals surface area contributed by atoms with Gasteiger partial charge in [-0.1, -0.05) is 30.4 Å². The molecule has 1 aliphatic rings. The van der Waals surface area contributed by atoms with Gasteiger partial charge in [-0.3, -0.25) is 0 Å². The van der Waals surface area contributed by atoms with E-state index in [1.165, 1.54) is 0 Å². The van der Waals surface area contributed by atoms with E-state index in [-0.39, 0.29) is 0 Å². The number of rotatable bonds is 3. The number of fused-ring (bicyclic) bond motifs is 1. The van der Waals surface area contributed by atoms with Gasteiger partial charge in [0.1, 0.15) is 0 Å². The summed E-state index contributed by atoms with van der Waals surface area (Å²) >= 11 is 0. The van der Waals surface area contributed by atoms with Crippen molar-refractivity contribution in [3.05, 3.63) is 77.4 Å². The highest BCUT2D eigenvalue weighted by Gasteiger charge is 2.16. The molecule has 0 aliphatic heterocycles. The molecule has 1 aliphatic carbocycles. The fourth-order valence-electron chi connectivity index (χ4n) is 2.38. The fraction of sp³-hybridized carbons (Fsp3) is 0.176. The van der Waals surface area contributed by atoms with Gasteiger partial charge in [0.15, 0.2) is 11.9 Å². The second-order valence-electron chi connectivity index (χ2n) is 5.17. The first kappa shape index (κ1) is 14.3. The largest absolute Gasteiger partial charge is 0.369 e. The van der Waals surface area contributed by atoms with Gasteiger partial charge in [0.25, 0.3) is 0 Å². The van der Waals surface area contributed by atoms with Gasteiger partial charge in [0.2, 0.25) is 0 Å². The molecule has 0 spiro atoms. The second-order valence-corrected chi connectivity index (χ2v) is 5.17. The Kier molecular flexibility index (Phi) is 3.89. The molecule has 0 fully saturated rings. The van der Waals surface area contributed by atoms with Gasteiger partial charge in [0, 0.05) is 17.1 Å². The summed E-state index contributed by atoms with van der Waals surface area (Å²) in [5, 5.41) is 17.9. The van der Waals surface area contributed by atoms with Crippen molar-refractivity contribution in [1.82, 2.24) is 19.9 Å². The maximum Gasteiger partial charge on any atom is 0.163 e. The predicted octanol–water partition coefficient (Wildman–Crippen LogP) is 2.49. The Bertz CT molecular complexity index is 811. The molecule has 22 heavy (non-hydrogen) atoms. The number of aromatic nitrogens is 3. The number of aliphatic hydroxyl groups is 1. The Balaban J connectivity index is 1.91. The van der Waals surface area contributed by atoms with Gasteiger partial charge < -0.3 is 10.4 Å². The van der Waals surface area contributed by atoms with Crippen molar-refractivity contribution < 1.29 is 5.11 Å². The SMILES string of the molecule is Cc1cc(C)n2ncc(C(O)NC3=C/C=C\C=C/C=C3)c2n1. The molecule has 2 N–H and O–H groups in total. The van der Waals surface area contributed by atoms with E-state index in [4.69, 9.17) is 0 Å². The third-order valence-electron chi connectivity index (χ3n) is 3.40. The van der Waals surface area contributed by atoms with Crippen LogP contribution in [-0.2, 0) is 0 Å². The average Bonchev–Trinajstić information content (AvgIpc) is 2.85. The summed E-state index contributed by atoms with van der Waals surface area (Å²) in [6, 6.07) is 1.96. The molecule has 2 aromatic heterocycles. The Hall–Kier alpha value is -2.66. The molecule has 3 rings (SSSR count). The van der Waals surface area contributed by atoms with Gasteiger partial charge in [-0.05, 0) is 32.1 Å². The lowest BCUT2D eigenvalue weighted by Gasteiger charge is -2.14. The van der Waals surface area contributed by atoms with E-state index in [0.29, 0.717) is 11.2 Å². The number of aliphatic hydroxyl groups excluding tert-OH is 1. The zero-order chi connectivity index (χ0) is 15.5. The molecule has 0 radical (unpaired) electrons. The fourth-order valence-corrected chi connectivity index (χ4v) is 2.38. The van der Waals surface area contributed by atoms with E-state index in [9.17, 15) is 5.11 Å². The van der Waals surface area contributed by atoms with Crippen molar-refractivity contribution >= 4 is 5.65 Å². The Morgan fingerprint density at radius 3 is 2.77 bits per heavy atom. The lowest BCUT2D eigenvalue weighted by molar-refractivity contribution is 0.154. The van der Waals surface area contributed by atoms with Crippen LogP contribution in [0.15, 0.2) is 60.5 Å². The average molecular weight is 294 g/mol. The summed E-state index contributed by atoms with van der Waals surface area (Å²) in [7, 11) is 0. The summed E-state index contributed by atoms with van der Waals surface area (Å²) in [5.41, 5.74) is 4.03. The zero-order valence-electron chi connectivity index (χ0n) is 12.6. The quantitative estimate of drug-likeness (QED) is 0.854. The number of allylic oxidation sites excluding steroid dienone is 7. The minimum atomic E-state index is -0.876. The third-order valence-corrected chi connectivity index (χ3v) is 3.40. The Morgan fingerprint density at radius 2 is 1.91 bits per heavy atom. The second kappa shape index (κ2) is 5.99. The first-order valence-electron chi connectivity index (χ1n) is 7.13. The highest BCUT2D eigenvalue weighted by atomic mass is 16.3. The van der Waals surface area contributed by atoms with Gasteiger partial charge in [0.05, 0.1) is 11.8 Å². The standard InChI is InChI=1S/C17H18N4O/c1-12-10-13(2)21-16(19-12)15(11-18-21)17(22)20-14-8-6-4-3-5-7-9-14/h3-11,17,20,22H,1-2H3/b4-3-,5-3?,6-4?,7-5-,8-6?,9-7?,14-8?,14-9?. The van der Waals surface area contributed by atoms with E-state index < -0.39 is 6.23 Å². The van der Waals surface area contributed by atoms with Crippen LogP contribution in [0.3, 0.4) is 0 Å². The van der Waals surface area contributed by atoms with Crippen LogP contribution in [0.25, 0.3) is 5.65 Å². The number of nitrogens with zero attached hydrogens (tertiary/aromatic N) is 3. The Morgan fingerprint density at radius 1 is 1.14 bits per heavy atom. The van der Waals surface area contributed by atoms with Crippen LogP contribution in [0.4, 0.5) is 0 Å². The zero-order valence-corrected chi connectivity index (χ0v) is 12.6. The molecule has 0 saturated heterocycles. The minimum absolute atomic E-state index is 0.655. The molecule has 0 aromatic carbocycles. The summed E-state index contributed by atoms with van der Waals surface area (Å²) < 4.78 is 1.73. The number of hydrogen-bond acceptors (Lipinski definition) is 4. The molecule has 112 valence electrons. The molecule has 1 unspecified atom stereocenters. The monoisotopic (exact) mass is 294 g/mol. The number of hydrogen-bond donors (Lipinski definition) is 2.